The minimum absolute atomic E-state index is 0.110. The van der Waals surface area contributed by atoms with Crippen molar-refractivity contribution in [1.29, 1.82) is 0 Å². The van der Waals surface area contributed by atoms with E-state index < -0.39 is 27.6 Å². The molecule has 3 rings (SSSR count). The van der Waals surface area contributed by atoms with Gasteiger partial charge in [-0.25, -0.2) is 17.2 Å². The molecule has 1 amide bonds. The summed E-state index contributed by atoms with van der Waals surface area (Å²) in [5.41, 5.74) is 0.0162. The number of carbonyl (C=O) groups excluding carboxylic acids is 1. The van der Waals surface area contributed by atoms with Gasteiger partial charge in [0.25, 0.3) is 5.91 Å². The van der Waals surface area contributed by atoms with Crippen LogP contribution >= 0.6 is 0 Å². The number of piperidine rings is 1. The molecule has 1 N–H and O–H groups in total. The van der Waals surface area contributed by atoms with Crippen LogP contribution in [-0.4, -0.2) is 31.7 Å². The average Bonchev–Trinajstić information content (AvgIpc) is 2.63. The maximum Gasteiger partial charge on any atom is 0.255 e. The molecule has 1 saturated heterocycles. The number of nitrogens with zero attached hydrogens (tertiary/aromatic N) is 1. The maximum atomic E-state index is 13.7. The number of anilines is 1. The molecule has 5 nitrogen and oxygen atoms in total. The second-order valence-corrected chi connectivity index (χ2v) is 9.31. The van der Waals surface area contributed by atoms with Crippen LogP contribution in [0.25, 0.3) is 0 Å². The number of nitrogens with one attached hydrogen (secondary N) is 1. The lowest BCUT2D eigenvalue weighted by molar-refractivity contribution is 0.102. The van der Waals surface area contributed by atoms with E-state index in [9.17, 15) is 22.0 Å². The quantitative estimate of drug-likeness (QED) is 0.835. The van der Waals surface area contributed by atoms with Crippen molar-refractivity contribution in [2.75, 3.05) is 18.4 Å². The zero-order valence-corrected chi connectivity index (χ0v) is 16.5. The topological polar surface area (TPSA) is 66.5 Å². The van der Waals surface area contributed by atoms with Crippen LogP contribution in [0.2, 0.25) is 0 Å². The number of halogens is 2. The van der Waals surface area contributed by atoms with Gasteiger partial charge in [0, 0.05) is 24.7 Å². The lowest BCUT2D eigenvalue weighted by Crippen LogP contribution is -2.42. The standard InChI is InChI=1S/C20H22F2N2O3S/c1-13-9-14(2)12-24(11-13)28(26,27)17-6-3-15(4-7-17)20(25)23-19-8-5-16(21)10-18(19)22/h3-8,10,13-14H,9,11-12H2,1-2H3,(H,23,25). The van der Waals surface area contributed by atoms with Crippen LogP contribution in [0.5, 0.6) is 0 Å². The van der Waals surface area contributed by atoms with Gasteiger partial charge in [-0.3, -0.25) is 4.79 Å². The Kier molecular flexibility index (Phi) is 5.81. The number of hydrogen-bond donors (Lipinski definition) is 1. The summed E-state index contributed by atoms with van der Waals surface area (Å²) in [5, 5.41) is 2.35. The zero-order chi connectivity index (χ0) is 20.5. The van der Waals surface area contributed by atoms with Crippen molar-refractivity contribution in [3.63, 3.8) is 0 Å². The first-order chi connectivity index (χ1) is 13.2. The molecule has 1 fully saturated rings. The smallest absolute Gasteiger partial charge is 0.255 e. The van der Waals surface area contributed by atoms with Gasteiger partial charge < -0.3 is 5.32 Å². The molecule has 0 radical (unpaired) electrons. The highest BCUT2D eigenvalue weighted by Crippen LogP contribution is 2.27. The Hall–Kier alpha value is -2.32. The molecule has 0 bridgehead atoms. The fraction of sp³-hybridized carbons (Fsp3) is 0.350. The molecule has 1 aliphatic heterocycles. The van der Waals surface area contributed by atoms with Gasteiger partial charge in [-0.2, -0.15) is 4.31 Å². The third kappa shape index (κ3) is 4.39. The Labute approximate surface area is 163 Å². The van der Waals surface area contributed by atoms with Gasteiger partial charge in [0.05, 0.1) is 10.6 Å². The monoisotopic (exact) mass is 408 g/mol. The van der Waals surface area contributed by atoms with Crippen LogP contribution in [0.15, 0.2) is 47.4 Å². The predicted octanol–water partition coefficient (Wildman–Crippen LogP) is 3.88. The Balaban J connectivity index is 1.76. The molecule has 0 saturated carbocycles. The number of rotatable bonds is 4. The van der Waals surface area contributed by atoms with Crippen molar-refractivity contribution >= 4 is 21.6 Å². The van der Waals surface area contributed by atoms with Crippen molar-refractivity contribution < 1.29 is 22.0 Å². The van der Waals surface area contributed by atoms with Gasteiger partial charge in [-0.1, -0.05) is 13.8 Å². The number of carbonyl (C=O) groups is 1. The van der Waals surface area contributed by atoms with Crippen LogP contribution in [0, 0.1) is 23.5 Å². The molecule has 1 heterocycles. The Morgan fingerprint density at radius 2 is 1.64 bits per heavy atom. The average molecular weight is 408 g/mol. The summed E-state index contributed by atoms with van der Waals surface area (Å²) in [7, 11) is -3.64. The molecule has 2 atom stereocenters. The zero-order valence-electron chi connectivity index (χ0n) is 15.7. The second-order valence-electron chi connectivity index (χ2n) is 7.37. The summed E-state index contributed by atoms with van der Waals surface area (Å²) in [5.74, 6) is -1.68. The first kappa shape index (κ1) is 20.4. The summed E-state index contributed by atoms with van der Waals surface area (Å²) in [6.45, 7) is 5.00. The van der Waals surface area contributed by atoms with E-state index in [1.807, 2.05) is 13.8 Å². The molecule has 0 aromatic heterocycles. The lowest BCUT2D eigenvalue weighted by Gasteiger charge is -2.34. The SMILES string of the molecule is CC1CC(C)CN(S(=O)(=O)c2ccc(C(=O)Nc3ccc(F)cc3F)cc2)C1. The van der Waals surface area contributed by atoms with Crippen LogP contribution in [0.1, 0.15) is 30.6 Å². The van der Waals surface area contributed by atoms with E-state index in [4.69, 9.17) is 0 Å². The molecule has 2 aromatic rings. The molecule has 2 aromatic carbocycles. The van der Waals surface area contributed by atoms with Gasteiger partial charge in [-0.15, -0.1) is 0 Å². The third-order valence-electron chi connectivity index (χ3n) is 4.77. The summed E-state index contributed by atoms with van der Waals surface area (Å²) in [4.78, 5) is 12.4. The summed E-state index contributed by atoms with van der Waals surface area (Å²) >= 11 is 0. The first-order valence-corrected chi connectivity index (χ1v) is 10.5. The van der Waals surface area contributed by atoms with Crippen molar-refractivity contribution in [3.05, 3.63) is 59.7 Å². The van der Waals surface area contributed by atoms with Crippen molar-refractivity contribution in [2.24, 2.45) is 11.8 Å². The number of amides is 1. The summed E-state index contributed by atoms with van der Waals surface area (Å²) in [6.07, 6.45) is 0.991. The van der Waals surface area contributed by atoms with Gasteiger partial charge >= 0.3 is 0 Å². The lowest BCUT2D eigenvalue weighted by atomic mass is 9.94. The van der Waals surface area contributed by atoms with E-state index >= 15 is 0 Å². The number of hydrogen-bond acceptors (Lipinski definition) is 3. The Bertz CT molecular complexity index is 967. The van der Waals surface area contributed by atoms with E-state index in [2.05, 4.69) is 5.32 Å². The fourth-order valence-electron chi connectivity index (χ4n) is 3.51. The van der Waals surface area contributed by atoms with Gasteiger partial charge in [-0.05, 0) is 54.7 Å². The summed E-state index contributed by atoms with van der Waals surface area (Å²) < 4.78 is 53.8. The number of benzene rings is 2. The highest BCUT2D eigenvalue weighted by molar-refractivity contribution is 7.89. The first-order valence-electron chi connectivity index (χ1n) is 9.03. The molecule has 1 aliphatic rings. The van der Waals surface area contributed by atoms with E-state index in [0.29, 0.717) is 19.2 Å². The van der Waals surface area contributed by atoms with Crippen LogP contribution < -0.4 is 5.32 Å². The van der Waals surface area contributed by atoms with Gasteiger partial charge in [0.2, 0.25) is 10.0 Å². The molecule has 150 valence electrons. The molecule has 8 heteroatoms. The molecule has 0 spiro atoms. The van der Waals surface area contributed by atoms with E-state index in [0.717, 1.165) is 18.6 Å². The van der Waals surface area contributed by atoms with E-state index in [1.165, 1.54) is 28.6 Å². The second kappa shape index (κ2) is 7.97. The van der Waals surface area contributed by atoms with Crippen molar-refractivity contribution in [2.45, 2.75) is 25.2 Å². The van der Waals surface area contributed by atoms with E-state index in [1.54, 1.807) is 0 Å². The van der Waals surface area contributed by atoms with Crippen molar-refractivity contribution in [3.8, 4) is 0 Å². The Morgan fingerprint density at radius 1 is 1.04 bits per heavy atom. The van der Waals surface area contributed by atoms with Crippen LogP contribution in [-0.2, 0) is 10.0 Å². The normalized spacial score (nSPS) is 20.7. The fourth-order valence-corrected chi connectivity index (χ4v) is 5.19. The largest absolute Gasteiger partial charge is 0.319 e. The highest BCUT2D eigenvalue weighted by Gasteiger charge is 2.31. The van der Waals surface area contributed by atoms with Gasteiger partial charge in [0.15, 0.2) is 0 Å². The van der Waals surface area contributed by atoms with E-state index in [-0.39, 0.29) is 28.0 Å². The highest BCUT2D eigenvalue weighted by atomic mass is 32.2. The maximum absolute atomic E-state index is 13.7. The molecule has 0 aliphatic carbocycles. The third-order valence-corrected chi connectivity index (χ3v) is 6.61. The molecule has 28 heavy (non-hydrogen) atoms. The molecular formula is C20H22F2N2O3S. The van der Waals surface area contributed by atoms with Crippen molar-refractivity contribution in [1.82, 2.24) is 4.31 Å². The molecular weight excluding hydrogens is 386 g/mol. The Morgan fingerprint density at radius 3 is 2.21 bits per heavy atom. The van der Waals surface area contributed by atoms with Crippen LogP contribution in [0.3, 0.4) is 0 Å². The van der Waals surface area contributed by atoms with Crippen LogP contribution in [0.4, 0.5) is 14.5 Å². The number of sulfonamides is 1. The molecule has 2 unspecified atom stereocenters. The summed E-state index contributed by atoms with van der Waals surface area (Å²) in [6, 6.07) is 8.33. The predicted molar refractivity (Wildman–Crippen MR) is 102 cm³/mol. The minimum atomic E-state index is -3.64. The minimum Gasteiger partial charge on any atom is -0.319 e. The van der Waals surface area contributed by atoms with Gasteiger partial charge in [0.1, 0.15) is 11.6 Å².